The van der Waals surface area contributed by atoms with Crippen molar-refractivity contribution in [3.8, 4) is 0 Å². The van der Waals surface area contributed by atoms with Crippen molar-refractivity contribution < 1.29 is 14.7 Å². The third-order valence-electron chi connectivity index (χ3n) is 3.18. The highest BCUT2D eigenvalue weighted by atomic mass is 32.1. The van der Waals surface area contributed by atoms with Gasteiger partial charge in [-0.05, 0) is 23.9 Å². The van der Waals surface area contributed by atoms with E-state index in [1.165, 1.54) is 11.3 Å². The van der Waals surface area contributed by atoms with Crippen LogP contribution in [0.3, 0.4) is 0 Å². The lowest BCUT2D eigenvalue weighted by molar-refractivity contribution is -0.139. The van der Waals surface area contributed by atoms with E-state index >= 15 is 0 Å². The summed E-state index contributed by atoms with van der Waals surface area (Å²) in [6.07, 6.45) is -0.803. The fraction of sp³-hybridized carbons (Fsp3) is 0.250. The van der Waals surface area contributed by atoms with E-state index in [-0.39, 0.29) is 12.6 Å². The Morgan fingerprint density at radius 3 is 2.50 bits per heavy atom. The molecule has 2 rings (SSSR count). The van der Waals surface area contributed by atoms with E-state index in [1.807, 2.05) is 41.8 Å². The van der Waals surface area contributed by atoms with Gasteiger partial charge in [-0.25, -0.2) is 0 Å². The molecule has 0 aliphatic rings. The lowest BCUT2D eigenvalue weighted by Crippen LogP contribution is -2.42. The summed E-state index contributed by atoms with van der Waals surface area (Å²) in [4.78, 5) is 24.3. The van der Waals surface area contributed by atoms with Gasteiger partial charge in [-0.1, -0.05) is 36.4 Å². The molecule has 2 unspecified atom stereocenters. The van der Waals surface area contributed by atoms with E-state index < -0.39 is 17.9 Å². The summed E-state index contributed by atoms with van der Waals surface area (Å²) in [5.41, 5.74) is 0.919. The minimum absolute atomic E-state index is 0.00643. The van der Waals surface area contributed by atoms with Crippen LogP contribution in [0.5, 0.6) is 0 Å². The third-order valence-corrected chi connectivity index (χ3v) is 4.15. The van der Waals surface area contributed by atoms with Gasteiger partial charge in [0.1, 0.15) is 6.10 Å². The first kappa shape index (κ1) is 16.2. The molecule has 0 spiro atoms. The van der Waals surface area contributed by atoms with Crippen molar-refractivity contribution in [2.75, 3.05) is 6.54 Å². The molecule has 116 valence electrons. The number of aliphatic hydroxyl groups is 1. The van der Waals surface area contributed by atoms with Crippen LogP contribution in [0.25, 0.3) is 0 Å². The molecular weight excluding hydrogens is 300 g/mol. The number of aliphatic hydroxyl groups excluding tert-OH is 1. The molecular formula is C16H18N2O3S. The summed E-state index contributed by atoms with van der Waals surface area (Å²) >= 11 is 1.40. The SMILES string of the molecule is CC(NC(=O)C(=O)NCC(O)c1cccs1)c1ccccc1. The van der Waals surface area contributed by atoms with E-state index in [2.05, 4.69) is 10.6 Å². The molecule has 1 aromatic carbocycles. The van der Waals surface area contributed by atoms with Gasteiger partial charge in [-0.2, -0.15) is 0 Å². The Hall–Kier alpha value is -2.18. The molecule has 3 N–H and O–H groups in total. The lowest BCUT2D eigenvalue weighted by atomic mass is 10.1. The molecule has 2 amide bonds. The van der Waals surface area contributed by atoms with E-state index in [0.29, 0.717) is 0 Å². The molecule has 2 atom stereocenters. The third kappa shape index (κ3) is 4.41. The number of amides is 2. The van der Waals surface area contributed by atoms with Crippen LogP contribution in [0, 0.1) is 0 Å². The zero-order chi connectivity index (χ0) is 15.9. The van der Waals surface area contributed by atoms with Gasteiger partial charge in [0.15, 0.2) is 0 Å². The number of carbonyl (C=O) groups excluding carboxylic acids is 2. The zero-order valence-electron chi connectivity index (χ0n) is 12.2. The predicted molar refractivity (Wildman–Crippen MR) is 85.3 cm³/mol. The number of thiophene rings is 1. The molecule has 0 bridgehead atoms. The highest BCUT2D eigenvalue weighted by molar-refractivity contribution is 7.10. The fourth-order valence-corrected chi connectivity index (χ4v) is 2.65. The molecule has 0 saturated heterocycles. The predicted octanol–water partition coefficient (Wildman–Crippen LogP) is 1.78. The standard InChI is InChI=1S/C16H18N2O3S/c1-11(12-6-3-2-4-7-12)18-16(21)15(20)17-10-13(19)14-8-5-9-22-14/h2-9,11,13,19H,10H2,1H3,(H,17,20)(H,18,21). The average Bonchev–Trinajstić information content (AvgIpc) is 3.07. The van der Waals surface area contributed by atoms with Crippen molar-refractivity contribution in [3.05, 3.63) is 58.3 Å². The molecule has 0 aliphatic carbocycles. The second-order valence-corrected chi connectivity index (χ2v) is 5.83. The lowest BCUT2D eigenvalue weighted by Gasteiger charge is -2.15. The molecule has 22 heavy (non-hydrogen) atoms. The first-order valence-electron chi connectivity index (χ1n) is 6.93. The minimum Gasteiger partial charge on any atom is -0.386 e. The van der Waals surface area contributed by atoms with Crippen molar-refractivity contribution >= 4 is 23.2 Å². The van der Waals surface area contributed by atoms with Crippen molar-refractivity contribution in [3.63, 3.8) is 0 Å². The Labute approximate surface area is 133 Å². The summed E-state index contributed by atoms with van der Waals surface area (Å²) in [7, 11) is 0. The number of hydrogen-bond acceptors (Lipinski definition) is 4. The summed E-state index contributed by atoms with van der Waals surface area (Å²) < 4.78 is 0. The Bertz CT molecular complexity index is 614. The second-order valence-electron chi connectivity index (χ2n) is 4.85. The second kappa shape index (κ2) is 7.72. The van der Waals surface area contributed by atoms with Crippen LogP contribution < -0.4 is 10.6 Å². The van der Waals surface area contributed by atoms with E-state index in [1.54, 1.807) is 13.0 Å². The maximum atomic E-state index is 11.8. The summed E-state index contributed by atoms with van der Waals surface area (Å²) in [5, 5.41) is 16.8. The van der Waals surface area contributed by atoms with Gasteiger partial charge < -0.3 is 15.7 Å². The van der Waals surface area contributed by atoms with Crippen LogP contribution in [0.15, 0.2) is 47.8 Å². The molecule has 1 heterocycles. The van der Waals surface area contributed by atoms with Crippen LogP contribution in [0.2, 0.25) is 0 Å². The molecule has 0 saturated carbocycles. The molecule has 2 aromatic rings. The normalized spacial score (nSPS) is 13.2. The number of nitrogens with one attached hydrogen (secondary N) is 2. The molecule has 6 heteroatoms. The highest BCUT2D eigenvalue weighted by Crippen LogP contribution is 2.17. The quantitative estimate of drug-likeness (QED) is 0.735. The van der Waals surface area contributed by atoms with Gasteiger partial charge in [0.05, 0.1) is 6.04 Å². The van der Waals surface area contributed by atoms with Gasteiger partial charge in [0.2, 0.25) is 0 Å². The van der Waals surface area contributed by atoms with E-state index in [0.717, 1.165) is 10.4 Å². The van der Waals surface area contributed by atoms with E-state index in [4.69, 9.17) is 0 Å². The van der Waals surface area contributed by atoms with Crippen LogP contribution in [-0.4, -0.2) is 23.5 Å². The number of carbonyl (C=O) groups is 2. The average molecular weight is 318 g/mol. The topological polar surface area (TPSA) is 78.4 Å². The Balaban J connectivity index is 1.81. The monoisotopic (exact) mass is 318 g/mol. The summed E-state index contributed by atoms with van der Waals surface area (Å²) in [5.74, 6) is -1.46. The van der Waals surface area contributed by atoms with Gasteiger partial charge in [-0.3, -0.25) is 9.59 Å². The van der Waals surface area contributed by atoms with Gasteiger partial charge in [0, 0.05) is 11.4 Å². The number of benzene rings is 1. The summed E-state index contributed by atoms with van der Waals surface area (Å²) in [6, 6.07) is 12.7. The Morgan fingerprint density at radius 2 is 1.86 bits per heavy atom. The zero-order valence-corrected chi connectivity index (χ0v) is 13.0. The van der Waals surface area contributed by atoms with Crippen molar-refractivity contribution in [1.82, 2.24) is 10.6 Å². The van der Waals surface area contributed by atoms with Crippen LogP contribution in [0.4, 0.5) is 0 Å². The first-order chi connectivity index (χ1) is 10.6. The Kier molecular flexibility index (Phi) is 5.68. The molecule has 0 radical (unpaired) electrons. The molecule has 1 aromatic heterocycles. The maximum absolute atomic E-state index is 11.8. The number of rotatable bonds is 5. The van der Waals surface area contributed by atoms with Crippen LogP contribution >= 0.6 is 11.3 Å². The molecule has 0 fully saturated rings. The van der Waals surface area contributed by atoms with Crippen molar-refractivity contribution in [2.45, 2.75) is 19.1 Å². The van der Waals surface area contributed by atoms with Crippen molar-refractivity contribution in [1.29, 1.82) is 0 Å². The Morgan fingerprint density at radius 1 is 1.14 bits per heavy atom. The van der Waals surface area contributed by atoms with Gasteiger partial charge in [0.25, 0.3) is 0 Å². The van der Waals surface area contributed by atoms with E-state index in [9.17, 15) is 14.7 Å². The van der Waals surface area contributed by atoms with Crippen LogP contribution in [0.1, 0.15) is 29.5 Å². The summed E-state index contributed by atoms with van der Waals surface area (Å²) in [6.45, 7) is 1.81. The first-order valence-corrected chi connectivity index (χ1v) is 7.81. The van der Waals surface area contributed by atoms with Gasteiger partial charge >= 0.3 is 11.8 Å². The molecule has 0 aliphatic heterocycles. The maximum Gasteiger partial charge on any atom is 0.309 e. The van der Waals surface area contributed by atoms with Crippen LogP contribution in [-0.2, 0) is 9.59 Å². The smallest absolute Gasteiger partial charge is 0.309 e. The van der Waals surface area contributed by atoms with Gasteiger partial charge in [-0.15, -0.1) is 11.3 Å². The largest absolute Gasteiger partial charge is 0.386 e. The fourth-order valence-electron chi connectivity index (χ4n) is 1.94. The minimum atomic E-state index is -0.803. The molecule has 5 nitrogen and oxygen atoms in total. The highest BCUT2D eigenvalue weighted by Gasteiger charge is 2.18. The number of hydrogen-bond donors (Lipinski definition) is 3. The van der Waals surface area contributed by atoms with Crippen molar-refractivity contribution in [2.24, 2.45) is 0 Å².